The number of nitrogens with zero attached hydrogens (tertiary/aromatic N) is 3. The molecule has 0 radical (unpaired) electrons. The van der Waals surface area contributed by atoms with Gasteiger partial charge in [0.05, 0.1) is 6.54 Å². The third-order valence-corrected chi connectivity index (χ3v) is 2.68. The van der Waals surface area contributed by atoms with E-state index in [4.69, 9.17) is 15.2 Å². The molecular weight excluding hydrogens is 274 g/mol. The Morgan fingerprint density at radius 2 is 2.19 bits per heavy atom. The number of hydrogen-bond acceptors (Lipinski definition) is 5. The molecule has 0 aromatic carbocycles. The number of hydroxylamine groups is 2. The summed E-state index contributed by atoms with van der Waals surface area (Å²) < 4.78 is 7.35. The summed E-state index contributed by atoms with van der Waals surface area (Å²) in [6.07, 6.45) is 6.04. The number of aromatic nitrogens is 2. The number of carbonyl (C=O) groups is 1. The second kappa shape index (κ2) is 7.22. The fraction of sp³-hybridized carbons (Fsp3) is 0.143. The summed E-state index contributed by atoms with van der Waals surface area (Å²) in [5.41, 5.74) is 0.745. The highest BCUT2D eigenvalue weighted by Crippen LogP contribution is 2.07. The lowest BCUT2D eigenvalue weighted by molar-refractivity contribution is -0.280. The van der Waals surface area contributed by atoms with Crippen molar-refractivity contribution in [2.24, 2.45) is 0 Å². The summed E-state index contributed by atoms with van der Waals surface area (Å²) in [4.78, 5) is 15.1. The average molecular weight is 289 g/mol. The van der Waals surface area contributed by atoms with E-state index in [1.807, 2.05) is 29.0 Å². The van der Waals surface area contributed by atoms with Gasteiger partial charge in [-0.15, -0.1) is 0 Å². The van der Waals surface area contributed by atoms with E-state index in [1.54, 1.807) is 18.3 Å². The minimum Gasteiger partial charge on any atom is -0.476 e. The minimum atomic E-state index is -0.924. The first kappa shape index (κ1) is 14.8. The van der Waals surface area contributed by atoms with E-state index >= 15 is 0 Å². The van der Waals surface area contributed by atoms with Gasteiger partial charge in [0, 0.05) is 30.2 Å². The molecule has 7 nitrogen and oxygen atoms in total. The molecule has 0 aliphatic carbocycles. The van der Waals surface area contributed by atoms with Crippen LogP contribution in [0, 0.1) is 0 Å². The van der Waals surface area contributed by atoms with Gasteiger partial charge in [-0.3, -0.25) is 15.2 Å². The molecule has 2 aromatic rings. The molecule has 110 valence electrons. The van der Waals surface area contributed by atoms with Crippen LogP contribution in [0.4, 0.5) is 0 Å². The molecule has 7 heteroatoms. The lowest BCUT2D eigenvalue weighted by Crippen LogP contribution is -2.20. The van der Waals surface area contributed by atoms with E-state index in [2.05, 4.69) is 4.98 Å². The lowest BCUT2D eigenvalue weighted by atomic mass is 10.3. The Morgan fingerprint density at radius 3 is 2.90 bits per heavy atom. The maximum absolute atomic E-state index is 11.0. The van der Waals surface area contributed by atoms with Crippen LogP contribution in [-0.4, -0.2) is 37.7 Å². The van der Waals surface area contributed by atoms with Crippen LogP contribution < -0.4 is 4.74 Å². The first-order chi connectivity index (χ1) is 10.2. The van der Waals surface area contributed by atoms with E-state index in [1.165, 1.54) is 6.08 Å². The molecule has 2 heterocycles. The Kier molecular flexibility index (Phi) is 5.08. The number of amides is 1. The molecule has 21 heavy (non-hydrogen) atoms. The molecule has 0 aliphatic heterocycles. The Bertz CT molecular complexity index is 608. The van der Waals surface area contributed by atoms with Crippen LogP contribution in [0.15, 0.2) is 48.8 Å². The molecule has 0 unspecified atom stereocenters. The van der Waals surface area contributed by atoms with Crippen LogP contribution in [0.3, 0.4) is 0 Å². The van der Waals surface area contributed by atoms with Crippen molar-refractivity contribution in [2.75, 3.05) is 6.61 Å². The summed E-state index contributed by atoms with van der Waals surface area (Å²) in [6.45, 7) is 0.992. The monoisotopic (exact) mass is 289 g/mol. The molecule has 2 aromatic heterocycles. The molecular formula is C14H15N3O4. The van der Waals surface area contributed by atoms with Crippen LogP contribution in [0.5, 0.6) is 5.88 Å². The standard InChI is InChI=1S/C14H15N3O4/c18-14(17(19)20)7-6-12-4-3-9-16(12)10-11-21-13-5-1-2-8-15-13/h1-9,19-20H,10-11H2/b7-6+. The van der Waals surface area contributed by atoms with Gasteiger partial charge in [0.1, 0.15) is 6.61 Å². The van der Waals surface area contributed by atoms with Gasteiger partial charge in [-0.1, -0.05) is 11.3 Å². The Labute approximate surface area is 121 Å². The molecule has 0 bridgehead atoms. The zero-order valence-electron chi connectivity index (χ0n) is 11.2. The number of ether oxygens (including phenoxy) is 1. The fourth-order valence-electron chi connectivity index (χ4n) is 1.69. The second-order valence-electron chi connectivity index (χ2n) is 4.10. The molecule has 0 spiro atoms. The van der Waals surface area contributed by atoms with Gasteiger partial charge in [0.2, 0.25) is 5.88 Å². The zero-order valence-corrected chi connectivity index (χ0v) is 11.2. The van der Waals surface area contributed by atoms with Crippen LogP contribution in [0.2, 0.25) is 0 Å². The van der Waals surface area contributed by atoms with Gasteiger partial charge >= 0.3 is 0 Å². The molecule has 0 aliphatic rings. The summed E-state index contributed by atoms with van der Waals surface area (Å²) in [5.74, 6) is -0.374. The van der Waals surface area contributed by atoms with E-state index in [9.17, 15) is 4.79 Å². The maximum Gasteiger partial charge on any atom is 0.296 e. The molecule has 0 saturated heterocycles. The highest BCUT2D eigenvalue weighted by molar-refractivity contribution is 5.89. The summed E-state index contributed by atoms with van der Waals surface area (Å²) in [6, 6.07) is 9.04. The molecule has 1 amide bonds. The molecule has 0 fully saturated rings. The van der Waals surface area contributed by atoms with Gasteiger partial charge < -0.3 is 9.30 Å². The Hall–Kier alpha value is -2.64. The van der Waals surface area contributed by atoms with Crippen molar-refractivity contribution >= 4 is 12.0 Å². The van der Waals surface area contributed by atoms with Crippen molar-refractivity contribution in [3.63, 3.8) is 0 Å². The third-order valence-electron chi connectivity index (χ3n) is 2.68. The third kappa shape index (κ3) is 4.44. The predicted octanol–water partition coefficient (Wildman–Crippen LogP) is 1.58. The first-order valence-electron chi connectivity index (χ1n) is 6.26. The molecule has 0 atom stereocenters. The predicted molar refractivity (Wildman–Crippen MR) is 73.6 cm³/mol. The second-order valence-corrected chi connectivity index (χ2v) is 4.10. The quantitative estimate of drug-likeness (QED) is 0.479. The van der Waals surface area contributed by atoms with Crippen molar-refractivity contribution in [1.29, 1.82) is 0 Å². The maximum atomic E-state index is 11.0. The lowest BCUT2D eigenvalue weighted by Gasteiger charge is -2.08. The van der Waals surface area contributed by atoms with Crippen LogP contribution in [0.1, 0.15) is 5.69 Å². The summed E-state index contributed by atoms with van der Waals surface area (Å²) in [5, 5.41) is 16.6. The molecule has 0 saturated carbocycles. The van der Waals surface area contributed by atoms with Crippen LogP contribution in [0.25, 0.3) is 6.08 Å². The smallest absolute Gasteiger partial charge is 0.296 e. The summed E-state index contributed by atoms with van der Waals surface area (Å²) >= 11 is 0. The number of hydrogen-bond donors (Lipinski definition) is 2. The van der Waals surface area contributed by atoms with Crippen LogP contribution >= 0.6 is 0 Å². The number of carbonyl (C=O) groups excluding carboxylic acids is 1. The number of rotatable bonds is 6. The Balaban J connectivity index is 1.90. The van der Waals surface area contributed by atoms with Crippen molar-refractivity contribution in [3.05, 3.63) is 54.5 Å². The Morgan fingerprint density at radius 1 is 1.33 bits per heavy atom. The topological polar surface area (TPSA) is 87.8 Å². The van der Waals surface area contributed by atoms with E-state index < -0.39 is 11.1 Å². The van der Waals surface area contributed by atoms with Crippen molar-refractivity contribution in [3.8, 4) is 5.88 Å². The van der Waals surface area contributed by atoms with E-state index in [0.29, 0.717) is 19.0 Å². The number of pyridine rings is 1. The largest absolute Gasteiger partial charge is 0.476 e. The highest BCUT2D eigenvalue weighted by atomic mass is 16.8. The van der Waals surface area contributed by atoms with E-state index in [0.717, 1.165) is 11.8 Å². The minimum absolute atomic E-state index is 0.423. The van der Waals surface area contributed by atoms with Gasteiger partial charge in [0.25, 0.3) is 5.91 Å². The zero-order chi connectivity index (χ0) is 15.1. The van der Waals surface area contributed by atoms with Gasteiger partial charge in [-0.25, -0.2) is 4.98 Å². The SMILES string of the molecule is O=C(/C=C/c1cccn1CCOc1ccccn1)N(O)O. The van der Waals surface area contributed by atoms with Crippen molar-refractivity contribution < 1.29 is 19.9 Å². The van der Waals surface area contributed by atoms with Crippen molar-refractivity contribution in [2.45, 2.75) is 6.54 Å². The van der Waals surface area contributed by atoms with Crippen LogP contribution in [-0.2, 0) is 11.3 Å². The van der Waals surface area contributed by atoms with Gasteiger partial charge in [0.15, 0.2) is 0 Å². The van der Waals surface area contributed by atoms with Crippen molar-refractivity contribution in [1.82, 2.24) is 14.8 Å². The normalized spacial score (nSPS) is 10.8. The molecule has 2 rings (SSSR count). The van der Waals surface area contributed by atoms with Gasteiger partial charge in [-0.2, -0.15) is 0 Å². The highest BCUT2D eigenvalue weighted by Gasteiger charge is 2.03. The van der Waals surface area contributed by atoms with E-state index in [-0.39, 0.29) is 0 Å². The summed E-state index contributed by atoms with van der Waals surface area (Å²) in [7, 11) is 0. The first-order valence-corrected chi connectivity index (χ1v) is 6.26. The fourth-order valence-corrected chi connectivity index (χ4v) is 1.69. The average Bonchev–Trinajstić information content (AvgIpc) is 2.93. The molecule has 2 N–H and O–H groups in total. The van der Waals surface area contributed by atoms with Gasteiger partial charge in [-0.05, 0) is 24.3 Å².